The van der Waals surface area contributed by atoms with Crippen molar-refractivity contribution in [2.75, 3.05) is 16.4 Å². The lowest BCUT2D eigenvalue weighted by atomic mass is 10.0. The molecular weight excluding hydrogens is 457 g/mol. The maximum Gasteiger partial charge on any atom is 0.259 e. The number of amides is 1. The minimum Gasteiger partial charge on any atom is -0.382 e. The lowest BCUT2D eigenvalue weighted by Crippen LogP contribution is -2.13. The molecule has 2 aromatic carbocycles. The molecule has 8 nitrogen and oxygen atoms in total. The predicted octanol–water partition coefficient (Wildman–Crippen LogP) is 5.20. The van der Waals surface area contributed by atoms with Crippen molar-refractivity contribution >= 4 is 62.3 Å². The third kappa shape index (κ3) is 3.56. The van der Waals surface area contributed by atoms with Crippen molar-refractivity contribution in [1.82, 2.24) is 19.5 Å². The summed E-state index contributed by atoms with van der Waals surface area (Å²) in [4.78, 5) is 25.9. The summed E-state index contributed by atoms with van der Waals surface area (Å²) < 4.78 is 16.2. The first-order valence-corrected chi connectivity index (χ1v) is 10.7. The lowest BCUT2D eigenvalue weighted by molar-refractivity contribution is 0.102. The number of benzene rings is 2. The first kappa shape index (κ1) is 21.6. The molecule has 4 N–H and O–H groups in total. The van der Waals surface area contributed by atoms with Crippen LogP contribution < -0.4 is 16.4 Å². The molecule has 0 aliphatic rings. The van der Waals surface area contributed by atoms with Gasteiger partial charge in [-0.3, -0.25) is 4.79 Å². The first-order chi connectivity index (χ1) is 16.3. The molecule has 0 fully saturated rings. The molecule has 0 saturated heterocycles. The van der Waals surface area contributed by atoms with Crippen LogP contribution in [0.3, 0.4) is 0 Å². The number of carbonyl (C=O) groups excluding carboxylic acids is 1. The van der Waals surface area contributed by atoms with Crippen molar-refractivity contribution in [2.24, 2.45) is 7.05 Å². The molecule has 0 unspecified atom stereocenters. The van der Waals surface area contributed by atoms with Gasteiger partial charge < -0.3 is 20.9 Å². The van der Waals surface area contributed by atoms with E-state index < -0.39 is 5.82 Å². The molecule has 1 amide bonds. The van der Waals surface area contributed by atoms with Crippen LogP contribution in [0.5, 0.6) is 0 Å². The summed E-state index contributed by atoms with van der Waals surface area (Å²) >= 11 is 5.91. The molecule has 34 heavy (non-hydrogen) atoms. The van der Waals surface area contributed by atoms with E-state index in [2.05, 4.69) is 25.6 Å². The van der Waals surface area contributed by atoms with E-state index in [4.69, 9.17) is 17.3 Å². The minimum atomic E-state index is -0.569. The Morgan fingerprint density at radius 1 is 1.12 bits per heavy atom. The van der Waals surface area contributed by atoms with E-state index in [0.717, 1.165) is 10.9 Å². The molecule has 3 heterocycles. The smallest absolute Gasteiger partial charge is 0.259 e. The summed E-state index contributed by atoms with van der Waals surface area (Å²) in [7, 11) is 1.78. The van der Waals surface area contributed by atoms with Crippen LogP contribution in [0.15, 0.2) is 55.1 Å². The predicted molar refractivity (Wildman–Crippen MR) is 132 cm³/mol. The van der Waals surface area contributed by atoms with Crippen molar-refractivity contribution in [3.63, 3.8) is 0 Å². The lowest BCUT2D eigenvalue weighted by Gasteiger charge is -2.15. The van der Waals surface area contributed by atoms with Gasteiger partial charge in [0.25, 0.3) is 5.91 Å². The SMILES string of the molecule is Cc1ccc2c(Nc3cccc(Cl)c3F)nccc2c1NC(=O)c1cn(C)c2c(N)ncnc12. The number of carbonyl (C=O) groups is 1. The number of aromatic nitrogens is 4. The van der Waals surface area contributed by atoms with Crippen molar-refractivity contribution in [2.45, 2.75) is 6.92 Å². The molecule has 0 atom stereocenters. The van der Waals surface area contributed by atoms with Crippen LogP contribution in [0.2, 0.25) is 5.02 Å². The van der Waals surface area contributed by atoms with Crippen molar-refractivity contribution in [3.05, 3.63) is 77.1 Å². The molecule has 0 aliphatic carbocycles. The number of hydrogen-bond acceptors (Lipinski definition) is 6. The Labute approximate surface area is 198 Å². The standard InChI is InChI=1S/C24H19ClFN7O/c1-12-6-7-14-13(8-9-28-23(14)31-17-5-3-4-16(25)18(17)26)19(12)32-24(34)15-10-33(2)21-20(15)29-11-30-22(21)27/h3-11H,1-2H3,(H,28,31)(H,32,34)(H2,27,29,30). The van der Waals surface area contributed by atoms with E-state index in [1.54, 1.807) is 42.2 Å². The van der Waals surface area contributed by atoms with Crippen LogP contribution in [0.4, 0.5) is 27.4 Å². The van der Waals surface area contributed by atoms with Gasteiger partial charge in [-0.25, -0.2) is 19.3 Å². The third-order valence-electron chi connectivity index (χ3n) is 5.62. The normalized spacial score (nSPS) is 11.2. The van der Waals surface area contributed by atoms with Crippen LogP contribution in [0, 0.1) is 12.7 Å². The average molecular weight is 476 g/mol. The number of rotatable bonds is 4. The first-order valence-electron chi connectivity index (χ1n) is 10.3. The third-order valence-corrected chi connectivity index (χ3v) is 5.91. The van der Waals surface area contributed by atoms with Crippen LogP contribution in [-0.2, 0) is 7.05 Å². The van der Waals surface area contributed by atoms with Gasteiger partial charge in [-0.1, -0.05) is 29.8 Å². The fourth-order valence-corrected chi connectivity index (χ4v) is 4.14. The van der Waals surface area contributed by atoms with Crippen molar-refractivity contribution in [3.8, 4) is 0 Å². The zero-order valence-corrected chi connectivity index (χ0v) is 19.0. The van der Waals surface area contributed by atoms with Gasteiger partial charge in [0, 0.05) is 30.2 Å². The second-order valence-electron chi connectivity index (χ2n) is 7.80. The minimum absolute atomic E-state index is 0.00793. The number of hydrogen-bond donors (Lipinski definition) is 3. The maximum atomic E-state index is 14.4. The van der Waals surface area contributed by atoms with Gasteiger partial charge >= 0.3 is 0 Å². The second-order valence-corrected chi connectivity index (χ2v) is 8.21. The fourth-order valence-electron chi connectivity index (χ4n) is 3.96. The number of fused-ring (bicyclic) bond motifs is 2. The highest BCUT2D eigenvalue weighted by Gasteiger charge is 2.20. The molecule has 3 aromatic heterocycles. The Balaban J connectivity index is 1.56. The summed E-state index contributed by atoms with van der Waals surface area (Å²) in [5.74, 6) is -0.185. The summed E-state index contributed by atoms with van der Waals surface area (Å²) in [5.41, 5.74) is 9.05. The number of pyridine rings is 1. The van der Waals surface area contributed by atoms with E-state index in [-0.39, 0.29) is 16.6 Å². The Morgan fingerprint density at radius 2 is 1.94 bits per heavy atom. The largest absolute Gasteiger partial charge is 0.382 e. The Kier molecular flexibility index (Phi) is 5.25. The zero-order chi connectivity index (χ0) is 24.0. The Hall–Kier alpha value is -4.24. The molecule has 0 saturated carbocycles. The molecule has 0 radical (unpaired) electrons. The molecule has 5 aromatic rings. The molecule has 0 bridgehead atoms. The number of nitrogen functional groups attached to an aromatic ring is 1. The van der Waals surface area contributed by atoms with Gasteiger partial charge in [0.1, 0.15) is 23.2 Å². The van der Waals surface area contributed by atoms with E-state index in [1.165, 1.54) is 12.4 Å². The number of nitrogens with two attached hydrogens (primary N) is 1. The van der Waals surface area contributed by atoms with E-state index in [0.29, 0.717) is 39.3 Å². The van der Waals surface area contributed by atoms with Gasteiger partial charge in [0.05, 0.1) is 22.0 Å². The van der Waals surface area contributed by atoms with Crippen LogP contribution in [0.1, 0.15) is 15.9 Å². The second kappa shape index (κ2) is 8.27. The van der Waals surface area contributed by atoms with E-state index in [9.17, 15) is 9.18 Å². The number of halogens is 2. The van der Waals surface area contributed by atoms with Gasteiger partial charge in [-0.2, -0.15) is 0 Å². The molecule has 0 aliphatic heterocycles. The molecule has 170 valence electrons. The highest BCUT2D eigenvalue weighted by Crippen LogP contribution is 2.34. The summed E-state index contributed by atoms with van der Waals surface area (Å²) in [6.07, 6.45) is 4.59. The Morgan fingerprint density at radius 3 is 2.76 bits per heavy atom. The highest BCUT2D eigenvalue weighted by molar-refractivity contribution is 6.31. The summed E-state index contributed by atoms with van der Waals surface area (Å²) in [6, 6.07) is 10.2. The van der Waals surface area contributed by atoms with Crippen LogP contribution in [0.25, 0.3) is 21.8 Å². The number of anilines is 4. The molecular formula is C24H19ClFN7O. The summed E-state index contributed by atoms with van der Waals surface area (Å²) in [6.45, 7) is 1.89. The van der Waals surface area contributed by atoms with Crippen molar-refractivity contribution in [1.29, 1.82) is 0 Å². The molecule has 10 heteroatoms. The number of aryl methyl sites for hydroxylation is 2. The van der Waals surface area contributed by atoms with E-state index >= 15 is 0 Å². The molecule has 5 rings (SSSR count). The van der Waals surface area contributed by atoms with Gasteiger partial charge in [-0.15, -0.1) is 0 Å². The van der Waals surface area contributed by atoms with Gasteiger partial charge in [0.15, 0.2) is 11.6 Å². The average Bonchev–Trinajstić information content (AvgIpc) is 3.16. The maximum absolute atomic E-state index is 14.4. The Bertz CT molecular complexity index is 1600. The number of nitrogens with one attached hydrogen (secondary N) is 2. The molecule has 0 spiro atoms. The van der Waals surface area contributed by atoms with Gasteiger partial charge in [0.2, 0.25) is 0 Å². The summed E-state index contributed by atoms with van der Waals surface area (Å²) in [5, 5.41) is 7.45. The van der Waals surface area contributed by atoms with Crippen LogP contribution >= 0.6 is 11.6 Å². The number of nitrogens with zero attached hydrogens (tertiary/aromatic N) is 4. The van der Waals surface area contributed by atoms with Crippen molar-refractivity contribution < 1.29 is 9.18 Å². The highest BCUT2D eigenvalue weighted by atomic mass is 35.5. The van der Waals surface area contributed by atoms with Crippen LogP contribution in [-0.4, -0.2) is 25.4 Å². The monoisotopic (exact) mass is 475 g/mol. The zero-order valence-electron chi connectivity index (χ0n) is 18.2. The van der Waals surface area contributed by atoms with E-state index in [1.807, 2.05) is 19.1 Å². The quantitative estimate of drug-likeness (QED) is 0.329. The topological polar surface area (TPSA) is 111 Å². The van der Waals surface area contributed by atoms with Gasteiger partial charge in [-0.05, 0) is 30.7 Å². The fraction of sp³-hybridized carbons (Fsp3) is 0.0833.